The van der Waals surface area contributed by atoms with Crippen LogP contribution >= 0.6 is 11.3 Å². The predicted molar refractivity (Wildman–Crippen MR) is 84.9 cm³/mol. The second-order valence-electron chi connectivity index (χ2n) is 4.86. The van der Waals surface area contributed by atoms with Crippen molar-refractivity contribution in [3.05, 3.63) is 39.3 Å². The molecule has 0 fully saturated rings. The standard InChI is InChI=1S/C15H21N3O2S/c1-9-7-17-12(10(2)15(9)20-4)6-13(18-16)14-5-11(19-3)8-21-14/h5,7-8,13,18H,6,16H2,1-4H3. The molecule has 5 nitrogen and oxygen atoms in total. The van der Waals surface area contributed by atoms with Gasteiger partial charge in [-0.25, -0.2) is 0 Å². The Bertz CT molecular complexity index is 613. The van der Waals surface area contributed by atoms with Gasteiger partial charge >= 0.3 is 0 Å². The summed E-state index contributed by atoms with van der Waals surface area (Å²) in [4.78, 5) is 5.64. The lowest BCUT2D eigenvalue weighted by Gasteiger charge is -2.17. The minimum absolute atomic E-state index is 0.00230. The molecule has 0 saturated carbocycles. The lowest BCUT2D eigenvalue weighted by molar-refractivity contribution is 0.406. The maximum atomic E-state index is 5.71. The normalized spacial score (nSPS) is 12.2. The van der Waals surface area contributed by atoms with Crippen LogP contribution in [-0.4, -0.2) is 19.2 Å². The number of hydrogen-bond acceptors (Lipinski definition) is 6. The van der Waals surface area contributed by atoms with Crippen molar-refractivity contribution in [2.75, 3.05) is 14.2 Å². The van der Waals surface area contributed by atoms with E-state index >= 15 is 0 Å². The molecule has 1 atom stereocenters. The van der Waals surface area contributed by atoms with E-state index in [1.165, 1.54) is 0 Å². The zero-order chi connectivity index (χ0) is 15.4. The van der Waals surface area contributed by atoms with Crippen molar-refractivity contribution in [3.8, 4) is 11.5 Å². The van der Waals surface area contributed by atoms with Crippen LogP contribution in [0.25, 0.3) is 0 Å². The molecular weight excluding hydrogens is 286 g/mol. The summed E-state index contributed by atoms with van der Waals surface area (Å²) in [7, 11) is 3.34. The van der Waals surface area contributed by atoms with Crippen LogP contribution in [0.5, 0.6) is 11.5 Å². The first-order valence-corrected chi connectivity index (χ1v) is 7.56. The molecule has 2 aromatic rings. The summed E-state index contributed by atoms with van der Waals surface area (Å²) < 4.78 is 10.7. The van der Waals surface area contributed by atoms with Crippen molar-refractivity contribution >= 4 is 11.3 Å². The van der Waals surface area contributed by atoms with Crippen LogP contribution in [0.15, 0.2) is 17.6 Å². The number of thiophene rings is 1. The molecule has 0 aliphatic heterocycles. The molecule has 2 heterocycles. The van der Waals surface area contributed by atoms with Gasteiger partial charge in [-0.1, -0.05) is 0 Å². The average Bonchev–Trinajstić information content (AvgIpc) is 2.96. The predicted octanol–water partition coefficient (Wildman–Crippen LogP) is 2.52. The number of nitrogens with zero attached hydrogens (tertiary/aromatic N) is 1. The van der Waals surface area contributed by atoms with Crippen molar-refractivity contribution in [3.63, 3.8) is 0 Å². The van der Waals surface area contributed by atoms with Crippen LogP contribution in [-0.2, 0) is 6.42 Å². The van der Waals surface area contributed by atoms with E-state index in [0.717, 1.165) is 33.2 Å². The highest BCUT2D eigenvalue weighted by molar-refractivity contribution is 7.10. The van der Waals surface area contributed by atoms with E-state index in [1.54, 1.807) is 25.6 Å². The third kappa shape index (κ3) is 3.34. The maximum Gasteiger partial charge on any atom is 0.129 e. The van der Waals surface area contributed by atoms with Gasteiger partial charge < -0.3 is 9.47 Å². The van der Waals surface area contributed by atoms with E-state index in [1.807, 2.05) is 31.5 Å². The molecule has 6 heteroatoms. The molecule has 0 bridgehead atoms. The van der Waals surface area contributed by atoms with E-state index in [9.17, 15) is 0 Å². The maximum absolute atomic E-state index is 5.71. The monoisotopic (exact) mass is 307 g/mol. The molecule has 0 saturated heterocycles. The molecule has 2 rings (SSSR count). The smallest absolute Gasteiger partial charge is 0.129 e. The van der Waals surface area contributed by atoms with E-state index in [0.29, 0.717) is 6.42 Å². The first-order valence-electron chi connectivity index (χ1n) is 6.68. The van der Waals surface area contributed by atoms with Crippen molar-refractivity contribution in [2.24, 2.45) is 5.84 Å². The Morgan fingerprint density at radius 2 is 2.10 bits per heavy atom. The van der Waals surface area contributed by atoms with E-state index in [4.69, 9.17) is 15.3 Å². The van der Waals surface area contributed by atoms with Crippen LogP contribution in [0, 0.1) is 13.8 Å². The Labute approximate surface area is 129 Å². The zero-order valence-electron chi connectivity index (χ0n) is 12.8. The number of hydrazine groups is 1. The summed E-state index contributed by atoms with van der Waals surface area (Å²) in [6, 6.07) is 1.99. The minimum atomic E-state index is -0.00230. The molecule has 0 radical (unpaired) electrons. The third-order valence-electron chi connectivity index (χ3n) is 3.52. The van der Waals surface area contributed by atoms with Crippen molar-refractivity contribution in [1.82, 2.24) is 10.4 Å². The number of aryl methyl sites for hydroxylation is 1. The lowest BCUT2D eigenvalue weighted by atomic mass is 10.0. The Morgan fingerprint density at radius 3 is 2.67 bits per heavy atom. The van der Waals surface area contributed by atoms with Crippen LogP contribution < -0.4 is 20.7 Å². The van der Waals surface area contributed by atoms with Gasteiger partial charge in [-0.2, -0.15) is 0 Å². The molecule has 0 amide bonds. The highest BCUT2D eigenvalue weighted by Gasteiger charge is 2.17. The van der Waals surface area contributed by atoms with Gasteiger partial charge in [0.25, 0.3) is 0 Å². The summed E-state index contributed by atoms with van der Waals surface area (Å²) in [5.74, 6) is 7.45. The summed E-state index contributed by atoms with van der Waals surface area (Å²) in [6.45, 7) is 4.02. The summed E-state index contributed by atoms with van der Waals surface area (Å²) in [6.07, 6.45) is 2.53. The van der Waals surface area contributed by atoms with E-state index in [2.05, 4.69) is 10.4 Å². The van der Waals surface area contributed by atoms with Crippen LogP contribution in [0.4, 0.5) is 0 Å². The largest absolute Gasteiger partial charge is 0.496 e. The molecule has 21 heavy (non-hydrogen) atoms. The number of aromatic nitrogens is 1. The average molecular weight is 307 g/mol. The van der Waals surface area contributed by atoms with Gasteiger partial charge in [-0.3, -0.25) is 16.3 Å². The van der Waals surface area contributed by atoms with Gasteiger partial charge in [-0.05, 0) is 19.9 Å². The van der Waals surface area contributed by atoms with Gasteiger partial charge in [0.1, 0.15) is 11.5 Å². The Morgan fingerprint density at radius 1 is 1.33 bits per heavy atom. The molecule has 0 aliphatic rings. The van der Waals surface area contributed by atoms with Crippen LogP contribution in [0.1, 0.15) is 27.7 Å². The number of hydrogen-bond donors (Lipinski definition) is 2. The first-order chi connectivity index (χ1) is 10.1. The van der Waals surface area contributed by atoms with Gasteiger partial charge in [-0.15, -0.1) is 11.3 Å². The van der Waals surface area contributed by atoms with Gasteiger partial charge in [0, 0.05) is 39.7 Å². The van der Waals surface area contributed by atoms with Crippen LogP contribution in [0.2, 0.25) is 0 Å². The van der Waals surface area contributed by atoms with Gasteiger partial charge in [0.15, 0.2) is 0 Å². The highest BCUT2D eigenvalue weighted by atomic mass is 32.1. The topological polar surface area (TPSA) is 69.4 Å². The number of nitrogens with one attached hydrogen (secondary N) is 1. The molecule has 1 unspecified atom stereocenters. The molecule has 3 N–H and O–H groups in total. The summed E-state index contributed by atoms with van der Waals surface area (Å²) >= 11 is 1.62. The van der Waals surface area contributed by atoms with Crippen LogP contribution in [0.3, 0.4) is 0 Å². The molecule has 0 spiro atoms. The molecular formula is C15H21N3O2S. The second kappa shape index (κ2) is 6.89. The molecule has 0 aromatic carbocycles. The molecule has 114 valence electrons. The molecule has 0 aliphatic carbocycles. The minimum Gasteiger partial charge on any atom is -0.496 e. The van der Waals surface area contributed by atoms with Crippen molar-refractivity contribution in [2.45, 2.75) is 26.3 Å². The second-order valence-corrected chi connectivity index (χ2v) is 5.80. The fraction of sp³-hybridized carbons (Fsp3) is 0.400. The third-order valence-corrected chi connectivity index (χ3v) is 4.55. The number of methoxy groups -OCH3 is 2. The Balaban J connectivity index is 2.26. The fourth-order valence-electron chi connectivity index (χ4n) is 2.34. The fourth-order valence-corrected chi connectivity index (χ4v) is 3.25. The highest BCUT2D eigenvalue weighted by Crippen LogP contribution is 2.31. The van der Waals surface area contributed by atoms with Gasteiger partial charge in [0.05, 0.1) is 20.3 Å². The zero-order valence-corrected chi connectivity index (χ0v) is 13.6. The Kier molecular flexibility index (Phi) is 5.17. The number of pyridine rings is 1. The SMILES string of the molecule is COc1csc(C(Cc2ncc(C)c(OC)c2C)NN)c1. The molecule has 2 aromatic heterocycles. The lowest BCUT2D eigenvalue weighted by Crippen LogP contribution is -2.29. The number of nitrogens with two attached hydrogens (primary N) is 1. The summed E-state index contributed by atoms with van der Waals surface area (Å²) in [5, 5.41) is 1.97. The number of ether oxygens (including phenoxy) is 2. The van der Waals surface area contributed by atoms with E-state index < -0.39 is 0 Å². The number of rotatable bonds is 6. The summed E-state index contributed by atoms with van der Waals surface area (Å²) in [5.41, 5.74) is 5.93. The first kappa shape index (κ1) is 15.8. The van der Waals surface area contributed by atoms with Crippen molar-refractivity contribution in [1.29, 1.82) is 0 Å². The van der Waals surface area contributed by atoms with Gasteiger partial charge in [0.2, 0.25) is 0 Å². The quantitative estimate of drug-likeness (QED) is 0.634. The van der Waals surface area contributed by atoms with Crippen molar-refractivity contribution < 1.29 is 9.47 Å². The van der Waals surface area contributed by atoms with E-state index in [-0.39, 0.29) is 6.04 Å². The Hall–Kier alpha value is -1.63.